The molecule has 0 amide bonds. The maximum absolute atomic E-state index is 10.7. The van der Waals surface area contributed by atoms with E-state index in [1.807, 2.05) is 0 Å². The molecule has 3 heteroatoms. The van der Waals surface area contributed by atoms with E-state index in [9.17, 15) is 4.79 Å². The van der Waals surface area contributed by atoms with E-state index in [-0.39, 0.29) is 12.9 Å². The summed E-state index contributed by atoms with van der Waals surface area (Å²) in [6.07, 6.45) is 6.65. The van der Waals surface area contributed by atoms with Crippen LogP contribution >= 0.6 is 0 Å². The molecule has 0 unspecified atom stereocenters. The van der Waals surface area contributed by atoms with Gasteiger partial charge in [-0.3, -0.25) is 0 Å². The number of hydrogen-bond donors (Lipinski definition) is 0. The van der Waals surface area contributed by atoms with E-state index in [0.717, 1.165) is 19.1 Å². The molecule has 0 saturated heterocycles. The Labute approximate surface area is 79.4 Å². The Kier molecular flexibility index (Phi) is 5.01. The molecule has 0 aromatic carbocycles. The van der Waals surface area contributed by atoms with Gasteiger partial charge in [0.25, 0.3) is 0 Å². The SMILES string of the molecule is COCO[C@@H](C=O)C1CCCCC1. The van der Waals surface area contributed by atoms with Gasteiger partial charge in [-0.05, 0) is 18.8 Å². The van der Waals surface area contributed by atoms with E-state index in [2.05, 4.69) is 0 Å². The third-order valence-corrected chi connectivity index (χ3v) is 2.63. The fourth-order valence-electron chi connectivity index (χ4n) is 1.90. The standard InChI is InChI=1S/C10H18O3/c1-12-8-13-10(7-11)9-5-3-2-4-6-9/h7,9-10H,2-6,8H2,1H3/t10-/m0/s1. The zero-order chi connectivity index (χ0) is 9.52. The molecular formula is C10H18O3. The molecule has 0 aromatic rings. The fourth-order valence-corrected chi connectivity index (χ4v) is 1.90. The molecule has 1 atom stereocenters. The molecule has 1 fully saturated rings. The third kappa shape index (κ3) is 3.44. The third-order valence-electron chi connectivity index (χ3n) is 2.63. The van der Waals surface area contributed by atoms with E-state index in [4.69, 9.17) is 9.47 Å². The number of methoxy groups -OCH3 is 1. The van der Waals surface area contributed by atoms with Crippen molar-refractivity contribution in [2.75, 3.05) is 13.9 Å². The van der Waals surface area contributed by atoms with Crippen LogP contribution in [-0.4, -0.2) is 26.3 Å². The summed E-state index contributed by atoms with van der Waals surface area (Å²) in [5.74, 6) is 0.418. The van der Waals surface area contributed by atoms with Crippen LogP contribution in [0.3, 0.4) is 0 Å². The van der Waals surface area contributed by atoms with Crippen LogP contribution in [0.15, 0.2) is 0 Å². The van der Waals surface area contributed by atoms with Crippen molar-refractivity contribution in [3.05, 3.63) is 0 Å². The van der Waals surface area contributed by atoms with Crippen molar-refractivity contribution in [2.24, 2.45) is 5.92 Å². The molecule has 3 nitrogen and oxygen atoms in total. The van der Waals surface area contributed by atoms with Gasteiger partial charge in [0.05, 0.1) is 0 Å². The average Bonchev–Trinajstić information content (AvgIpc) is 2.21. The van der Waals surface area contributed by atoms with Crippen molar-refractivity contribution < 1.29 is 14.3 Å². The molecule has 1 saturated carbocycles. The number of carbonyl (C=O) groups is 1. The number of rotatable bonds is 5. The van der Waals surface area contributed by atoms with Crippen LogP contribution in [0.5, 0.6) is 0 Å². The molecule has 0 aromatic heterocycles. The Morgan fingerprint density at radius 2 is 2.08 bits per heavy atom. The molecule has 1 aliphatic carbocycles. The summed E-state index contributed by atoms with van der Waals surface area (Å²) in [4.78, 5) is 10.7. The molecule has 1 rings (SSSR count). The summed E-state index contributed by atoms with van der Waals surface area (Å²) in [6, 6.07) is 0. The second-order valence-electron chi connectivity index (χ2n) is 3.57. The highest BCUT2D eigenvalue weighted by molar-refractivity contribution is 5.56. The van der Waals surface area contributed by atoms with E-state index in [0.29, 0.717) is 5.92 Å². The van der Waals surface area contributed by atoms with Crippen molar-refractivity contribution in [1.82, 2.24) is 0 Å². The van der Waals surface area contributed by atoms with Gasteiger partial charge in [-0.1, -0.05) is 19.3 Å². The van der Waals surface area contributed by atoms with Crippen LogP contribution < -0.4 is 0 Å². The van der Waals surface area contributed by atoms with Gasteiger partial charge in [-0.2, -0.15) is 0 Å². The first kappa shape index (κ1) is 10.7. The molecule has 0 radical (unpaired) electrons. The quantitative estimate of drug-likeness (QED) is 0.484. The number of aldehydes is 1. The molecule has 0 bridgehead atoms. The molecule has 1 aliphatic rings. The number of carbonyl (C=O) groups excluding carboxylic acids is 1. The molecule has 76 valence electrons. The monoisotopic (exact) mass is 186 g/mol. The lowest BCUT2D eigenvalue weighted by Gasteiger charge is -2.26. The highest BCUT2D eigenvalue weighted by Crippen LogP contribution is 2.27. The van der Waals surface area contributed by atoms with Crippen molar-refractivity contribution in [3.63, 3.8) is 0 Å². The zero-order valence-corrected chi connectivity index (χ0v) is 8.20. The highest BCUT2D eigenvalue weighted by atomic mass is 16.7. The van der Waals surface area contributed by atoms with Crippen molar-refractivity contribution in [1.29, 1.82) is 0 Å². The molecule has 0 N–H and O–H groups in total. The molecule has 0 spiro atoms. The summed E-state index contributed by atoms with van der Waals surface area (Å²) in [7, 11) is 1.57. The smallest absolute Gasteiger partial charge is 0.149 e. The van der Waals surface area contributed by atoms with Gasteiger partial charge in [0.2, 0.25) is 0 Å². The minimum atomic E-state index is -0.250. The topological polar surface area (TPSA) is 35.5 Å². The normalized spacial score (nSPS) is 21.3. The second-order valence-corrected chi connectivity index (χ2v) is 3.57. The minimum Gasteiger partial charge on any atom is -0.359 e. The summed E-state index contributed by atoms with van der Waals surface area (Å²) in [5.41, 5.74) is 0. The molecular weight excluding hydrogens is 168 g/mol. The fraction of sp³-hybridized carbons (Fsp3) is 0.900. The Morgan fingerprint density at radius 3 is 2.62 bits per heavy atom. The average molecular weight is 186 g/mol. The first-order chi connectivity index (χ1) is 6.38. The predicted molar refractivity (Wildman–Crippen MR) is 49.4 cm³/mol. The van der Waals surface area contributed by atoms with Crippen LogP contribution in [0.1, 0.15) is 32.1 Å². The lowest BCUT2D eigenvalue weighted by molar-refractivity contribution is -0.135. The zero-order valence-electron chi connectivity index (χ0n) is 8.20. The first-order valence-electron chi connectivity index (χ1n) is 4.94. The van der Waals surface area contributed by atoms with Gasteiger partial charge in [0, 0.05) is 7.11 Å². The lowest BCUT2D eigenvalue weighted by atomic mass is 9.86. The van der Waals surface area contributed by atoms with Crippen molar-refractivity contribution in [2.45, 2.75) is 38.2 Å². The van der Waals surface area contributed by atoms with Gasteiger partial charge >= 0.3 is 0 Å². The van der Waals surface area contributed by atoms with Gasteiger partial charge in [0.1, 0.15) is 19.2 Å². The van der Waals surface area contributed by atoms with Crippen LogP contribution in [0.25, 0.3) is 0 Å². The first-order valence-corrected chi connectivity index (χ1v) is 4.94. The van der Waals surface area contributed by atoms with Gasteiger partial charge < -0.3 is 14.3 Å². The molecule has 13 heavy (non-hydrogen) atoms. The maximum Gasteiger partial charge on any atom is 0.149 e. The van der Waals surface area contributed by atoms with Crippen molar-refractivity contribution >= 4 is 6.29 Å². The number of ether oxygens (including phenoxy) is 2. The number of hydrogen-bond acceptors (Lipinski definition) is 3. The summed E-state index contributed by atoms with van der Waals surface area (Å²) in [5, 5.41) is 0. The van der Waals surface area contributed by atoms with E-state index >= 15 is 0 Å². The Bertz CT molecular complexity index is 141. The van der Waals surface area contributed by atoms with E-state index in [1.54, 1.807) is 7.11 Å². The van der Waals surface area contributed by atoms with E-state index in [1.165, 1.54) is 19.3 Å². The van der Waals surface area contributed by atoms with Crippen LogP contribution in [0, 0.1) is 5.92 Å². The van der Waals surface area contributed by atoms with Crippen molar-refractivity contribution in [3.8, 4) is 0 Å². The highest BCUT2D eigenvalue weighted by Gasteiger charge is 2.23. The Hall–Kier alpha value is -0.410. The van der Waals surface area contributed by atoms with Gasteiger partial charge in [-0.15, -0.1) is 0 Å². The summed E-state index contributed by atoms with van der Waals surface area (Å²) in [6.45, 7) is 0.222. The summed E-state index contributed by atoms with van der Waals surface area (Å²) >= 11 is 0. The Morgan fingerprint density at radius 1 is 1.38 bits per heavy atom. The van der Waals surface area contributed by atoms with Gasteiger partial charge in [0.15, 0.2) is 0 Å². The molecule has 0 aliphatic heterocycles. The van der Waals surface area contributed by atoms with Crippen LogP contribution in [0.4, 0.5) is 0 Å². The Balaban J connectivity index is 2.30. The molecule has 0 heterocycles. The summed E-state index contributed by atoms with van der Waals surface area (Å²) < 4.78 is 10.1. The van der Waals surface area contributed by atoms with Crippen LogP contribution in [-0.2, 0) is 14.3 Å². The lowest BCUT2D eigenvalue weighted by Crippen LogP contribution is -2.28. The largest absolute Gasteiger partial charge is 0.359 e. The maximum atomic E-state index is 10.7. The minimum absolute atomic E-state index is 0.222. The van der Waals surface area contributed by atoms with Gasteiger partial charge in [-0.25, -0.2) is 0 Å². The second kappa shape index (κ2) is 6.11. The van der Waals surface area contributed by atoms with E-state index < -0.39 is 0 Å². The van der Waals surface area contributed by atoms with Crippen LogP contribution in [0.2, 0.25) is 0 Å². The predicted octanol–water partition coefficient (Wildman–Crippen LogP) is 1.75.